The number of para-hydroxylation sites is 2. The fourth-order valence-electron chi connectivity index (χ4n) is 4.72. The summed E-state index contributed by atoms with van der Waals surface area (Å²) < 4.78 is 16.8. The zero-order chi connectivity index (χ0) is 24.2. The Hall–Kier alpha value is -3.98. The van der Waals surface area contributed by atoms with Crippen molar-refractivity contribution in [1.29, 1.82) is 0 Å². The highest BCUT2D eigenvalue weighted by Gasteiger charge is 2.58. The topological polar surface area (TPSA) is 98.1 Å². The summed E-state index contributed by atoms with van der Waals surface area (Å²) in [6, 6.07) is 18.5. The third-order valence-corrected chi connectivity index (χ3v) is 7.76. The van der Waals surface area contributed by atoms with Crippen LogP contribution >= 0.6 is 11.8 Å². The van der Waals surface area contributed by atoms with Gasteiger partial charge >= 0.3 is 5.97 Å². The van der Waals surface area contributed by atoms with E-state index in [2.05, 4.69) is 5.32 Å². The van der Waals surface area contributed by atoms with E-state index in [0.29, 0.717) is 29.1 Å². The molecule has 2 aliphatic rings. The van der Waals surface area contributed by atoms with E-state index in [1.165, 1.54) is 23.8 Å². The number of fused-ring (bicyclic) bond motifs is 6. The van der Waals surface area contributed by atoms with Crippen molar-refractivity contribution in [2.24, 2.45) is 0 Å². The first-order chi connectivity index (χ1) is 17.0. The SMILES string of the molecule is COc1cc2c(cc1NC(=O)COC(=O)C13CCC(=O)N1c1ccccc1S3)oc1ccccc12. The molecule has 0 saturated carbocycles. The molecule has 3 heterocycles. The van der Waals surface area contributed by atoms with Crippen molar-refractivity contribution >= 4 is 62.9 Å². The van der Waals surface area contributed by atoms with Crippen molar-refractivity contribution < 1.29 is 28.3 Å². The summed E-state index contributed by atoms with van der Waals surface area (Å²) in [5, 5.41) is 4.55. The number of ether oxygens (including phenoxy) is 2. The summed E-state index contributed by atoms with van der Waals surface area (Å²) in [7, 11) is 1.51. The zero-order valence-electron chi connectivity index (χ0n) is 18.7. The van der Waals surface area contributed by atoms with Gasteiger partial charge in [-0.25, -0.2) is 4.79 Å². The highest BCUT2D eigenvalue weighted by Crippen LogP contribution is 2.56. The molecule has 176 valence electrons. The minimum Gasteiger partial charge on any atom is -0.495 e. The van der Waals surface area contributed by atoms with E-state index in [-0.39, 0.29) is 12.3 Å². The van der Waals surface area contributed by atoms with Crippen molar-refractivity contribution in [2.45, 2.75) is 22.6 Å². The lowest BCUT2D eigenvalue weighted by molar-refractivity contribution is -0.149. The molecule has 0 radical (unpaired) electrons. The Morgan fingerprint density at radius 3 is 2.74 bits per heavy atom. The Morgan fingerprint density at radius 1 is 1.09 bits per heavy atom. The normalized spacial score (nSPS) is 18.5. The van der Waals surface area contributed by atoms with Crippen LogP contribution in [0.2, 0.25) is 0 Å². The van der Waals surface area contributed by atoms with Gasteiger partial charge in [-0.15, -0.1) is 0 Å². The van der Waals surface area contributed by atoms with Crippen molar-refractivity contribution in [2.75, 3.05) is 23.9 Å². The largest absolute Gasteiger partial charge is 0.495 e. The van der Waals surface area contributed by atoms with Crippen molar-refractivity contribution in [1.82, 2.24) is 0 Å². The average molecular weight is 489 g/mol. The fraction of sp³-hybridized carbons (Fsp3) is 0.192. The second-order valence-electron chi connectivity index (χ2n) is 8.35. The lowest BCUT2D eigenvalue weighted by Crippen LogP contribution is -2.48. The van der Waals surface area contributed by atoms with E-state index in [4.69, 9.17) is 13.9 Å². The van der Waals surface area contributed by atoms with Crippen LogP contribution < -0.4 is 15.0 Å². The van der Waals surface area contributed by atoms with Gasteiger partial charge in [0, 0.05) is 34.6 Å². The molecule has 1 unspecified atom stereocenters. The molecule has 3 aromatic carbocycles. The highest BCUT2D eigenvalue weighted by molar-refractivity contribution is 8.02. The van der Waals surface area contributed by atoms with Crippen LogP contribution in [0.25, 0.3) is 21.9 Å². The molecule has 9 heteroatoms. The number of anilines is 2. The first-order valence-corrected chi connectivity index (χ1v) is 11.9. The molecule has 1 fully saturated rings. The van der Waals surface area contributed by atoms with E-state index < -0.39 is 23.4 Å². The third kappa shape index (κ3) is 3.34. The van der Waals surface area contributed by atoms with E-state index in [9.17, 15) is 14.4 Å². The smallest absolute Gasteiger partial charge is 0.344 e. The fourth-order valence-corrected chi connectivity index (χ4v) is 6.13. The molecule has 1 aromatic heterocycles. The highest BCUT2D eigenvalue weighted by atomic mass is 32.2. The maximum absolute atomic E-state index is 13.2. The number of carbonyl (C=O) groups is 3. The molecule has 1 saturated heterocycles. The predicted octanol–water partition coefficient (Wildman–Crippen LogP) is 4.71. The molecule has 1 atom stereocenters. The van der Waals surface area contributed by atoms with Gasteiger partial charge in [-0.05, 0) is 24.3 Å². The maximum Gasteiger partial charge on any atom is 0.344 e. The van der Waals surface area contributed by atoms with Crippen LogP contribution in [0, 0.1) is 0 Å². The Labute approximate surface area is 204 Å². The zero-order valence-corrected chi connectivity index (χ0v) is 19.5. The molecule has 0 bridgehead atoms. The van der Waals surface area contributed by atoms with Gasteiger partial charge in [0.15, 0.2) is 11.5 Å². The standard InChI is InChI=1S/C26H20N2O6S/c1-32-21-12-16-15-6-2-4-8-19(15)34-20(16)13-17(21)27-23(29)14-33-25(31)26-11-10-24(30)28(26)18-7-3-5-9-22(18)35-26/h2-9,12-13H,10-11,14H2,1H3,(H,27,29). The van der Waals surface area contributed by atoms with Gasteiger partial charge in [0.25, 0.3) is 5.91 Å². The Balaban J connectivity index is 1.20. The number of hydrogen-bond acceptors (Lipinski definition) is 7. The summed E-state index contributed by atoms with van der Waals surface area (Å²) in [6.07, 6.45) is 0.569. The number of amides is 2. The van der Waals surface area contributed by atoms with Gasteiger partial charge in [-0.3, -0.25) is 14.5 Å². The summed E-state index contributed by atoms with van der Waals surface area (Å²) >= 11 is 1.30. The minimum absolute atomic E-state index is 0.132. The number of nitrogens with one attached hydrogen (secondary N) is 1. The number of esters is 1. The molecule has 4 aromatic rings. The number of methoxy groups -OCH3 is 1. The molecule has 0 spiro atoms. The first kappa shape index (κ1) is 21.5. The molecular weight excluding hydrogens is 468 g/mol. The molecule has 2 aliphatic heterocycles. The van der Waals surface area contributed by atoms with E-state index in [1.807, 2.05) is 48.5 Å². The summed E-state index contributed by atoms with van der Waals surface area (Å²) in [5.41, 5.74) is 2.43. The number of rotatable bonds is 5. The molecular formula is C26H20N2O6S. The van der Waals surface area contributed by atoms with Gasteiger partial charge < -0.3 is 19.2 Å². The van der Waals surface area contributed by atoms with Crippen molar-refractivity contribution in [3.63, 3.8) is 0 Å². The Bertz CT molecular complexity index is 1530. The van der Waals surface area contributed by atoms with Crippen LogP contribution in [0.1, 0.15) is 12.8 Å². The Morgan fingerprint density at radius 2 is 1.89 bits per heavy atom. The summed E-state index contributed by atoms with van der Waals surface area (Å²) in [4.78, 5) is 39.6. The van der Waals surface area contributed by atoms with Crippen LogP contribution in [0.3, 0.4) is 0 Å². The average Bonchev–Trinajstić information content (AvgIpc) is 3.51. The van der Waals surface area contributed by atoms with Gasteiger partial charge in [0.2, 0.25) is 5.91 Å². The molecule has 8 nitrogen and oxygen atoms in total. The van der Waals surface area contributed by atoms with Crippen molar-refractivity contribution in [3.8, 4) is 5.75 Å². The van der Waals surface area contributed by atoms with E-state index >= 15 is 0 Å². The maximum atomic E-state index is 13.2. The number of nitrogens with zero attached hydrogens (tertiary/aromatic N) is 1. The Kier molecular flexibility index (Phi) is 4.96. The van der Waals surface area contributed by atoms with Crippen LogP contribution in [0.5, 0.6) is 5.75 Å². The number of thioether (sulfide) groups is 1. The van der Waals surface area contributed by atoms with Crippen LogP contribution in [0.4, 0.5) is 11.4 Å². The predicted molar refractivity (Wildman–Crippen MR) is 132 cm³/mol. The first-order valence-electron chi connectivity index (χ1n) is 11.1. The number of benzene rings is 3. The van der Waals surface area contributed by atoms with E-state index in [1.54, 1.807) is 12.1 Å². The summed E-state index contributed by atoms with van der Waals surface area (Å²) in [5.74, 6) is -0.816. The number of furan rings is 1. The monoisotopic (exact) mass is 488 g/mol. The quantitative estimate of drug-likeness (QED) is 0.407. The summed E-state index contributed by atoms with van der Waals surface area (Å²) in [6.45, 7) is -0.499. The van der Waals surface area contributed by atoms with Crippen LogP contribution in [-0.2, 0) is 19.1 Å². The van der Waals surface area contributed by atoms with Gasteiger partial charge in [0.05, 0.1) is 18.5 Å². The molecule has 0 aliphatic carbocycles. The third-order valence-electron chi connectivity index (χ3n) is 6.30. The molecule has 6 rings (SSSR count). The van der Waals surface area contributed by atoms with Crippen LogP contribution in [-0.4, -0.2) is 36.4 Å². The van der Waals surface area contributed by atoms with Gasteiger partial charge in [-0.2, -0.15) is 0 Å². The number of hydrogen-bond donors (Lipinski definition) is 1. The molecule has 35 heavy (non-hydrogen) atoms. The minimum atomic E-state index is -1.17. The van der Waals surface area contributed by atoms with Crippen LogP contribution in [0.15, 0.2) is 70.0 Å². The van der Waals surface area contributed by atoms with Gasteiger partial charge in [0.1, 0.15) is 16.9 Å². The second-order valence-corrected chi connectivity index (χ2v) is 9.67. The molecule has 1 N–H and O–H groups in total. The second kappa shape index (κ2) is 8.06. The molecule has 2 amide bonds. The van der Waals surface area contributed by atoms with E-state index in [0.717, 1.165) is 21.3 Å². The lowest BCUT2D eigenvalue weighted by Gasteiger charge is -2.28. The number of carbonyl (C=O) groups excluding carboxylic acids is 3. The van der Waals surface area contributed by atoms with Gasteiger partial charge in [-0.1, -0.05) is 42.1 Å². The van der Waals surface area contributed by atoms with Crippen molar-refractivity contribution in [3.05, 3.63) is 60.7 Å². The lowest BCUT2D eigenvalue weighted by atomic mass is 10.1.